The first-order valence-corrected chi connectivity index (χ1v) is 11.4. The number of hydrogen-bond acceptors (Lipinski definition) is 5. The van der Waals surface area contributed by atoms with Crippen LogP contribution in [0.3, 0.4) is 0 Å². The molecule has 0 amide bonds. The summed E-state index contributed by atoms with van der Waals surface area (Å²) in [5.74, 6) is 1.87. The summed E-state index contributed by atoms with van der Waals surface area (Å²) in [4.78, 5) is 13.7. The van der Waals surface area contributed by atoms with Gasteiger partial charge in [0.2, 0.25) is 0 Å². The van der Waals surface area contributed by atoms with Crippen molar-refractivity contribution < 1.29 is 14.3 Å². The largest absolute Gasteiger partial charge is 0.497 e. The van der Waals surface area contributed by atoms with Crippen LogP contribution in [0.25, 0.3) is 0 Å². The number of rotatable bonds is 5. The summed E-state index contributed by atoms with van der Waals surface area (Å²) in [5, 5.41) is 7.22. The molecule has 1 aliphatic carbocycles. The summed E-state index contributed by atoms with van der Waals surface area (Å²) >= 11 is 0. The van der Waals surface area contributed by atoms with Crippen molar-refractivity contribution in [1.29, 1.82) is 0 Å². The van der Waals surface area contributed by atoms with Gasteiger partial charge in [-0.2, -0.15) is 0 Å². The minimum absolute atomic E-state index is 0.0632. The van der Waals surface area contributed by atoms with Crippen molar-refractivity contribution in [2.45, 2.75) is 31.7 Å². The van der Waals surface area contributed by atoms with E-state index in [1.807, 2.05) is 73.7 Å². The maximum atomic E-state index is 13.7. The molecule has 0 saturated heterocycles. The third kappa shape index (κ3) is 4.07. The Morgan fingerprint density at radius 2 is 1.64 bits per heavy atom. The lowest BCUT2D eigenvalue weighted by Gasteiger charge is -2.30. The van der Waals surface area contributed by atoms with Gasteiger partial charge >= 0.3 is 0 Å². The molecule has 1 aliphatic heterocycles. The fourth-order valence-electron chi connectivity index (χ4n) is 4.86. The molecule has 2 N–H and O–H groups in total. The molecule has 0 aromatic heterocycles. The highest BCUT2D eigenvalue weighted by atomic mass is 16.5. The predicted molar refractivity (Wildman–Crippen MR) is 131 cm³/mol. The topological polar surface area (TPSA) is 59.6 Å². The van der Waals surface area contributed by atoms with Crippen LogP contribution in [0.2, 0.25) is 0 Å². The zero-order valence-corrected chi connectivity index (χ0v) is 18.9. The van der Waals surface area contributed by atoms with E-state index in [1.165, 1.54) is 0 Å². The quantitative estimate of drug-likeness (QED) is 0.504. The fourth-order valence-corrected chi connectivity index (χ4v) is 4.86. The van der Waals surface area contributed by atoms with Gasteiger partial charge in [-0.3, -0.25) is 4.79 Å². The number of anilines is 2. The van der Waals surface area contributed by atoms with E-state index in [9.17, 15) is 4.79 Å². The Hall–Kier alpha value is -3.73. The molecule has 5 nitrogen and oxygen atoms in total. The standard InChI is InChI=1S/C28H28N2O3/c1-3-33-26-11-7-4-8-21(26)19-16-24-27(25(31)17-19)28(18-12-14-20(32-2)15-13-18)30-23-10-6-5-9-22(23)29-24/h4-15,19,28-30H,3,16-17H2,1-2H3/t19-,28+/m1/s1. The molecule has 0 spiro atoms. The summed E-state index contributed by atoms with van der Waals surface area (Å²) in [6.07, 6.45) is 1.20. The van der Waals surface area contributed by atoms with E-state index in [0.29, 0.717) is 13.0 Å². The van der Waals surface area contributed by atoms with Crippen LogP contribution >= 0.6 is 0 Å². The van der Waals surface area contributed by atoms with Gasteiger partial charge < -0.3 is 20.1 Å². The minimum Gasteiger partial charge on any atom is -0.497 e. The van der Waals surface area contributed by atoms with E-state index in [1.54, 1.807) is 7.11 Å². The zero-order chi connectivity index (χ0) is 22.8. The number of hydrogen-bond donors (Lipinski definition) is 2. The number of benzene rings is 3. The average Bonchev–Trinajstić information content (AvgIpc) is 3.01. The van der Waals surface area contributed by atoms with Gasteiger partial charge in [0, 0.05) is 23.6 Å². The molecule has 5 rings (SSSR count). The summed E-state index contributed by atoms with van der Waals surface area (Å²) in [5.41, 5.74) is 5.86. The highest BCUT2D eigenvalue weighted by molar-refractivity contribution is 6.01. The van der Waals surface area contributed by atoms with Crippen molar-refractivity contribution in [3.63, 3.8) is 0 Å². The molecule has 0 fully saturated rings. The van der Waals surface area contributed by atoms with Crippen LogP contribution < -0.4 is 20.1 Å². The number of allylic oxidation sites excluding steroid dienone is 1. The zero-order valence-electron chi connectivity index (χ0n) is 18.9. The number of Topliss-reactive ketones (excluding diaryl/α,β-unsaturated/α-hetero) is 1. The number of ketones is 1. The molecule has 0 unspecified atom stereocenters. The molecule has 3 aromatic rings. The summed E-state index contributed by atoms with van der Waals surface area (Å²) < 4.78 is 11.2. The van der Waals surface area contributed by atoms with E-state index in [0.717, 1.165) is 51.7 Å². The molecule has 0 radical (unpaired) electrons. The lowest BCUT2D eigenvalue weighted by molar-refractivity contribution is -0.116. The maximum absolute atomic E-state index is 13.7. The third-order valence-corrected chi connectivity index (χ3v) is 6.42. The fraction of sp³-hybridized carbons (Fsp3) is 0.250. The number of carbonyl (C=O) groups excluding carboxylic acids is 1. The first-order valence-electron chi connectivity index (χ1n) is 11.4. The van der Waals surface area contributed by atoms with Crippen LogP contribution in [0.15, 0.2) is 84.1 Å². The minimum atomic E-state index is -0.238. The van der Waals surface area contributed by atoms with Crippen molar-refractivity contribution in [3.05, 3.63) is 95.2 Å². The van der Waals surface area contributed by atoms with Crippen molar-refractivity contribution in [3.8, 4) is 11.5 Å². The van der Waals surface area contributed by atoms with Gasteiger partial charge in [-0.15, -0.1) is 0 Å². The Balaban J connectivity index is 1.58. The molecule has 5 heteroatoms. The molecule has 0 saturated carbocycles. The molecule has 168 valence electrons. The van der Waals surface area contributed by atoms with Crippen LogP contribution in [-0.4, -0.2) is 19.5 Å². The molecule has 3 aromatic carbocycles. The molecule has 33 heavy (non-hydrogen) atoms. The van der Waals surface area contributed by atoms with Gasteiger partial charge in [-0.25, -0.2) is 0 Å². The number of carbonyl (C=O) groups is 1. The van der Waals surface area contributed by atoms with E-state index in [4.69, 9.17) is 9.47 Å². The maximum Gasteiger partial charge on any atom is 0.163 e. The summed E-state index contributed by atoms with van der Waals surface area (Å²) in [6.45, 7) is 2.58. The normalized spacial score (nSPS) is 19.5. The first-order chi connectivity index (χ1) is 16.2. The van der Waals surface area contributed by atoms with Crippen LogP contribution in [-0.2, 0) is 4.79 Å². The molecule has 0 bridgehead atoms. The van der Waals surface area contributed by atoms with Crippen LogP contribution in [0, 0.1) is 0 Å². The van der Waals surface area contributed by atoms with Crippen molar-refractivity contribution in [2.75, 3.05) is 24.4 Å². The van der Waals surface area contributed by atoms with Crippen molar-refractivity contribution >= 4 is 17.2 Å². The Morgan fingerprint density at radius 1 is 0.909 bits per heavy atom. The van der Waals surface area contributed by atoms with Gasteiger partial charge in [-0.1, -0.05) is 42.5 Å². The van der Waals surface area contributed by atoms with E-state index < -0.39 is 0 Å². The monoisotopic (exact) mass is 440 g/mol. The van der Waals surface area contributed by atoms with Gasteiger partial charge in [-0.05, 0) is 54.8 Å². The first kappa shape index (κ1) is 21.1. The lowest BCUT2D eigenvalue weighted by Crippen LogP contribution is -2.27. The second kappa shape index (κ2) is 9.02. The third-order valence-electron chi connectivity index (χ3n) is 6.42. The lowest BCUT2D eigenvalue weighted by atomic mass is 9.78. The number of nitrogens with one attached hydrogen (secondary N) is 2. The molecule has 2 aliphatic rings. The van der Waals surface area contributed by atoms with E-state index in [2.05, 4.69) is 16.7 Å². The van der Waals surface area contributed by atoms with Crippen LogP contribution in [0.1, 0.15) is 42.9 Å². The van der Waals surface area contributed by atoms with Gasteiger partial charge in [0.05, 0.1) is 31.1 Å². The van der Waals surface area contributed by atoms with Gasteiger partial charge in [0.1, 0.15) is 11.5 Å². The van der Waals surface area contributed by atoms with Crippen molar-refractivity contribution in [2.24, 2.45) is 0 Å². The number of ether oxygens (including phenoxy) is 2. The number of methoxy groups -OCH3 is 1. The number of fused-ring (bicyclic) bond motifs is 1. The Labute approximate surface area is 194 Å². The Bertz CT molecular complexity index is 1200. The summed E-state index contributed by atoms with van der Waals surface area (Å²) in [7, 11) is 1.66. The van der Waals surface area contributed by atoms with Crippen molar-refractivity contribution in [1.82, 2.24) is 0 Å². The van der Waals surface area contributed by atoms with Gasteiger partial charge in [0.25, 0.3) is 0 Å². The Kier molecular flexibility index (Phi) is 5.78. The molecule has 2 atom stereocenters. The van der Waals surface area contributed by atoms with E-state index in [-0.39, 0.29) is 17.7 Å². The van der Waals surface area contributed by atoms with E-state index >= 15 is 0 Å². The number of para-hydroxylation sites is 3. The molecule has 1 heterocycles. The highest BCUT2D eigenvalue weighted by Gasteiger charge is 2.36. The predicted octanol–water partition coefficient (Wildman–Crippen LogP) is 6.07. The van der Waals surface area contributed by atoms with Gasteiger partial charge in [0.15, 0.2) is 5.78 Å². The average molecular weight is 441 g/mol. The molecular weight excluding hydrogens is 412 g/mol. The Morgan fingerprint density at radius 3 is 2.39 bits per heavy atom. The van der Waals surface area contributed by atoms with Crippen LogP contribution in [0.5, 0.6) is 11.5 Å². The smallest absolute Gasteiger partial charge is 0.163 e. The van der Waals surface area contributed by atoms with Crippen LogP contribution in [0.4, 0.5) is 11.4 Å². The summed E-state index contributed by atoms with van der Waals surface area (Å²) in [6, 6.07) is 23.9. The highest BCUT2D eigenvalue weighted by Crippen LogP contribution is 2.45. The SMILES string of the molecule is CCOc1ccccc1[C@H]1CC(=O)C2=C(C1)Nc1ccccc1N[C@H]2c1ccc(OC)cc1. The second-order valence-electron chi connectivity index (χ2n) is 8.41. The second-order valence-corrected chi connectivity index (χ2v) is 8.41. The molecular formula is C28H28N2O3.